The molecule has 0 radical (unpaired) electrons. The maximum absolute atomic E-state index is 11.2. The average Bonchev–Trinajstić information content (AvgIpc) is 2.56. The molecule has 0 atom stereocenters. The van der Waals surface area contributed by atoms with E-state index in [1.807, 2.05) is 18.3 Å². The number of amides is 1. The number of nitrogens with two attached hydrogens (primary N) is 1. The van der Waals surface area contributed by atoms with Crippen LogP contribution in [0, 0.1) is 0 Å². The SMILES string of the molecule is NC(=O)c1ccc(-c2ccc(CN3CCCCC3)cn2)cc1Cl. The molecule has 1 aromatic carbocycles. The predicted molar refractivity (Wildman–Crippen MR) is 92.3 cm³/mol. The number of halogens is 1. The van der Waals surface area contributed by atoms with Crippen molar-refractivity contribution in [1.29, 1.82) is 0 Å². The second-order valence-corrected chi connectivity index (χ2v) is 6.35. The number of pyridine rings is 1. The van der Waals surface area contributed by atoms with Crippen LogP contribution in [0.2, 0.25) is 5.02 Å². The fraction of sp³-hybridized carbons (Fsp3) is 0.333. The Bertz CT molecular complexity index is 694. The van der Waals surface area contributed by atoms with Gasteiger partial charge < -0.3 is 5.73 Å². The van der Waals surface area contributed by atoms with Gasteiger partial charge in [-0.15, -0.1) is 0 Å². The van der Waals surface area contributed by atoms with Crippen molar-refractivity contribution in [2.45, 2.75) is 25.8 Å². The van der Waals surface area contributed by atoms with E-state index in [0.29, 0.717) is 10.6 Å². The number of carbonyl (C=O) groups excluding carboxylic acids is 1. The van der Waals surface area contributed by atoms with E-state index in [9.17, 15) is 4.79 Å². The van der Waals surface area contributed by atoms with E-state index in [1.54, 1.807) is 12.1 Å². The molecule has 1 aliphatic rings. The second kappa shape index (κ2) is 7.11. The third kappa shape index (κ3) is 3.89. The van der Waals surface area contributed by atoms with Crippen LogP contribution in [0.3, 0.4) is 0 Å². The van der Waals surface area contributed by atoms with Gasteiger partial charge in [0.1, 0.15) is 0 Å². The molecule has 4 nitrogen and oxygen atoms in total. The van der Waals surface area contributed by atoms with Crippen molar-refractivity contribution in [3.05, 3.63) is 52.7 Å². The van der Waals surface area contributed by atoms with Crippen molar-refractivity contribution < 1.29 is 4.79 Å². The fourth-order valence-corrected chi connectivity index (χ4v) is 3.21. The Morgan fingerprint density at radius 2 is 1.96 bits per heavy atom. The monoisotopic (exact) mass is 329 g/mol. The maximum Gasteiger partial charge on any atom is 0.250 e. The van der Waals surface area contributed by atoms with Crippen LogP contribution in [-0.4, -0.2) is 28.9 Å². The molecule has 2 heterocycles. The highest BCUT2D eigenvalue weighted by Gasteiger charge is 2.11. The zero-order valence-electron chi connectivity index (χ0n) is 13.0. The van der Waals surface area contributed by atoms with Gasteiger partial charge in [-0.1, -0.05) is 30.2 Å². The van der Waals surface area contributed by atoms with Crippen molar-refractivity contribution in [1.82, 2.24) is 9.88 Å². The van der Waals surface area contributed by atoms with Crippen LogP contribution in [0.15, 0.2) is 36.5 Å². The van der Waals surface area contributed by atoms with Gasteiger partial charge in [-0.05, 0) is 49.7 Å². The number of benzene rings is 1. The summed E-state index contributed by atoms with van der Waals surface area (Å²) in [6, 6.07) is 9.29. The van der Waals surface area contributed by atoms with Crippen LogP contribution >= 0.6 is 11.6 Å². The lowest BCUT2D eigenvalue weighted by Gasteiger charge is -2.26. The van der Waals surface area contributed by atoms with Gasteiger partial charge in [0.2, 0.25) is 5.91 Å². The molecule has 2 aromatic rings. The lowest BCUT2D eigenvalue weighted by molar-refractivity contribution is 0.100. The van der Waals surface area contributed by atoms with E-state index in [4.69, 9.17) is 17.3 Å². The van der Waals surface area contributed by atoms with Crippen molar-refractivity contribution in [2.75, 3.05) is 13.1 Å². The highest BCUT2D eigenvalue weighted by molar-refractivity contribution is 6.34. The molecule has 0 bridgehead atoms. The van der Waals surface area contributed by atoms with Gasteiger partial charge in [-0.3, -0.25) is 14.7 Å². The topological polar surface area (TPSA) is 59.2 Å². The minimum atomic E-state index is -0.522. The van der Waals surface area contributed by atoms with E-state index >= 15 is 0 Å². The summed E-state index contributed by atoms with van der Waals surface area (Å²) >= 11 is 6.10. The number of hydrogen-bond acceptors (Lipinski definition) is 3. The highest BCUT2D eigenvalue weighted by atomic mass is 35.5. The summed E-state index contributed by atoms with van der Waals surface area (Å²) in [4.78, 5) is 18.2. The number of piperidine rings is 1. The molecule has 0 saturated carbocycles. The number of hydrogen-bond donors (Lipinski definition) is 1. The average molecular weight is 330 g/mol. The van der Waals surface area contributed by atoms with E-state index in [0.717, 1.165) is 17.8 Å². The number of primary amides is 1. The number of rotatable bonds is 4. The molecule has 0 spiro atoms. The Hall–Kier alpha value is -1.91. The molecular weight excluding hydrogens is 310 g/mol. The predicted octanol–water partition coefficient (Wildman–Crippen LogP) is 3.49. The molecule has 1 aromatic heterocycles. The zero-order chi connectivity index (χ0) is 16.2. The number of nitrogens with zero attached hydrogens (tertiary/aromatic N) is 2. The fourth-order valence-electron chi connectivity index (χ4n) is 2.94. The maximum atomic E-state index is 11.2. The molecular formula is C18H20ClN3O. The largest absolute Gasteiger partial charge is 0.366 e. The van der Waals surface area contributed by atoms with Crippen LogP contribution in [0.4, 0.5) is 0 Å². The quantitative estimate of drug-likeness (QED) is 0.934. The summed E-state index contributed by atoms with van der Waals surface area (Å²) in [6.07, 6.45) is 5.84. The smallest absolute Gasteiger partial charge is 0.250 e. The Morgan fingerprint density at radius 1 is 1.17 bits per heavy atom. The summed E-state index contributed by atoms with van der Waals surface area (Å²) in [5, 5.41) is 0.356. The molecule has 3 rings (SSSR count). The minimum absolute atomic E-state index is 0.331. The van der Waals surface area contributed by atoms with Crippen molar-refractivity contribution in [3.63, 3.8) is 0 Å². The molecule has 1 fully saturated rings. The molecule has 1 amide bonds. The van der Waals surface area contributed by atoms with E-state index < -0.39 is 5.91 Å². The molecule has 0 unspecified atom stereocenters. The molecule has 23 heavy (non-hydrogen) atoms. The number of likely N-dealkylation sites (tertiary alicyclic amines) is 1. The van der Waals surface area contributed by atoms with E-state index in [1.165, 1.54) is 37.9 Å². The van der Waals surface area contributed by atoms with E-state index in [-0.39, 0.29) is 0 Å². The first kappa shape index (κ1) is 16.0. The van der Waals surface area contributed by atoms with Crippen molar-refractivity contribution in [3.8, 4) is 11.3 Å². The summed E-state index contributed by atoms with van der Waals surface area (Å²) in [6.45, 7) is 3.30. The van der Waals surface area contributed by atoms with Crippen molar-refractivity contribution in [2.24, 2.45) is 5.73 Å². The van der Waals surface area contributed by atoms with Crippen LogP contribution < -0.4 is 5.73 Å². The first-order valence-electron chi connectivity index (χ1n) is 7.90. The third-order valence-corrected chi connectivity index (χ3v) is 4.52. The molecule has 1 saturated heterocycles. The van der Waals surface area contributed by atoms with Gasteiger partial charge in [-0.25, -0.2) is 0 Å². The normalized spacial score (nSPS) is 15.5. The van der Waals surface area contributed by atoms with Gasteiger partial charge in [0.15, 0.2) is 0 Å². The highest BCUT2D eigenvalue weighted by Crippen LogP contribution is 2.24. The summed E-state index contributed by atoms with van der Waals surface area (Å²) in [5.74, 6) is -0.522. The standard InChI is InChI=1S/C18H20ClN3O/c19-16-10-14(5-6-15(16)18(20)23)17-7-4-13(11-21-17)12-22-8-2-1-3-9-22/h4-7,10-11H,1-3,8-9,12H2,(H2,20,23). The minimum Gasteiger partial charge on any atom is -0.366 e. The Labute approximate surface area is 141 Å². The van der Waals surface area contributed by atoms with E-state index in [2.05, 4.69) is 16.0 Å². The van der Waals surface area contributed by atoms with Gasteiger partial charge in [0.05, 0.1) is 16.3 Å². The Morgan fingerprint density at radius 3 is 2.57 bits per heavy atom. The summed E-state index contributed by atoms with van der Waals surface area (Å²) in [7, 11) is 0. The molecule has 5 heteroatoms. The zero-order valence-corrected chi connectivity index (χ0v) is 13.7. The van der Waals surface area contributed by atoms with Gasteiger partial charge >= 0.3 is 0 Å². The molecule has 120 valence electrons. The third-order valence-electron chi connectivity index (χ3n) is 4.21. The molecule has 0 aliphatic carbocycles. The lowest BCUT2D eigenvalue weighted by Crippen LogP contribution is -2.29. The van der Waals surface area contributed by atoms with Crippen LogP contribution in [-0.2, 0) is 6.54 Å². The number of aromatic nitrogens is 1. The Balaban J connectivity index is 1.74. The van der Waals surface area contributed by atoms with Crippen molar-refractivity contribution >= 4 is 17.5 Å². The summed E-state index contributed by atoms with van der Waals surface area (Å²) in [5.41, 5.74) is 8.53. The van der Waals surface area contributed by atoms with Crippen LogP contribution in [0.1, 0.15) is 35.2 Å². The van der Waals surface area contributed by atoms with Gasteiger partial charge in [-0.2, -0.15) is 0 Å². The number of carbonyl (C=O) groups is 1. The lowest BCUT2D eigenvalue weighted by atomic mass is 10.1. The molecule has 1 aliphatic heterocycles. The van der Waals surface area contributed by atoms with Gasteiger partial charge in [0.25, 0.3) is 0 Å². The van der Waals surface area contributed by atoms with Gasteiger partial charge in [0, 0.05) is 18.3 Å². The summed E-state index contributed by atoms with van der Waals surface area (Å²) < 4.78 is 0. The first-order valence-corrected chi connectivity index (χ1v) is 8.28. The second-order valence-electron chi connectivity index (χ2n) is 5.95. The van der Waals surface area contributed by atoms with Crippen LogP contribution in [0.5, 0.6) is 0 Å². The van der Waals surface area contributed by atoms with Crippen LogP contribution in [0.25, 0.3) is 11.3 Å². The molecule has 2 N–H and O–H groups in total. The Kier molecular flexibility index (Phi) is 4.94. The first-order chi connectivity index (χ1) is 11.1.